The third kappa shape index (κ3) is 10.6. The Bertz CT molecular complexity index is 1140. The number of allylic oxidation sites excluding steroid dienone is 1. The first-order valence-corrected chi connectivity index (χ1v) is 15.3. The molecule has 1 aromatic carbocycles. The molecule has 1 amide bonds. The highest BCUT2D eigenvalue weighted by Gasteiger charge is 2.33. The monoisotopic (exact) mass is 601 g/mol. The summed E-state index contributed by atoms with van der Waals surface area (Å²) in [5.74, 6) is 4.73. The van der Waals surface area contributed by atoms with Gasteiger partial charge in [-0.05, 0) is 42.7 Å². The van der Waals surface area contributed by atoms with Crippen LogP contribution in [-0.4, -0.2) is 72.4 Å². The number of hydrogen-bond acceptors (Lipinski definition) is 8. The summed E-state index contributed by atoms with van der Waals surface area (Å²) in [5, 5.41) is 34.8. The molecule has 0 saturated carbocycles. The predicted molar refractivity (Wildman–Crippen MR) is 166 cm³/mol. The van der Waals surface area contributed by atoms with Crippen LogP contribution in [0.25, 0.3) is 0 Å². The molecule has 0 spiro atoms. The molecule has 0 unspecified atom stereocenters. The number of aliphatic hydroxyl groups excluding tert-OH is 3. The molecule has 4 N–H and O–H groups in total. The van der Waals surface area contributed by atoms with Crippen molar-refractivity contribution < 1.29 is 39.1 Å². The van der Waals surface area contributed by atoms with Gasteiger partial charge in [-0.2, -0.15) is 0 Å². The number of aliphatic hydroxyl groups is 3. The number of rotatable bonds is 11. The minimum Gasteiger partial charge on any atom is -0.497 e. The molecule has 9 nitrogen and oxygen atoms in total. The number of carbonyl (C=O) groups excluding carboxylic acids is 2. The summed E-state index contributed by atoms with van der Waals surface area (Å²) in [6.45, 7) is 9.52. The van der Waals surface area contributed by atoms with Crippen molar-refractivity contribution in [3.8, 4) is 23.3 Å². The molecule has 2 rings (SSSR count). The maximum atomic E-state index is 13.6. The standard InChI is InChI=1S/C34H51NO8/c1-8-13-27(36)23(4)33(39)35-17-12-11-15-22(3)32(38)24(5)29-16-10-9-14-21(2)28(37)19-25-18-26(41-6)20-30(42-7)31(25)34(40)43-29/h9-10,18,20-24,27-29,32,36-38H,8,13-17,19H2,1-7H3,(H,35,39)/b10-9-/t21-,22+,23+,24+,27-,28+,29-,32+/m0/s1. The Balaban J connectivity index is 2.16. The fourth-order valence-electron chi connectivity index (χ4n) is 5.18. The van der Waals surface area contributed by atoms with E-state index in [-0.39, 0.29) is 36.3 Å². The summed E-state index contributed by atoms with van der Waals surface area (Å²) in [6, 6.07) is 3.34. The van der Waals surface area contributed by atoms with E-state index in [0.29, 0.717) is 42.7 Å². The van der Waals surface area contributed by atoms with E-state index in [1.54, 1.807) is 19.1 Å². The quantitative estimate of drug-likeness (QED) is 0.170. The second-order valence-corrected chi connectivity index (χ2v) is 11.7. The predicted octanol–water partition coefficient (Wildman–Crippen LogP) is 4.06. The number of esters is 1. The Morgan fingerprint density at radius 2 is 1.81 bits per heavy atom. The van der Waals surface area contributed by atoms with E-state index in [0.717, 1.165) is 6.42 Å². The Hall–Kier alpha value is -3.06. The van der Waals surface area contributed by atoms with E-state index < -0.39 is 42.2 Å². The summed E-state index contributed by atoms with van der Waals surface area (Å²) in [7, 11) is 2.99. The Morgan fingerprint density at radius 3 is 2.47 bits per heavy atom. The maximum absolute atomic E-state index is 13.6. The molecule has 0 saturated heterocycles. The Morgan fingerprint density at radius 1 is 1.12 bits per heavy atom. The average Bonchev–Trinajstić information content (AvgIpc) is 2.99. The lowest BCUT2D eigenvalue weighted by Crippen LogP contribution is -2.37. The first-order chi connectivity index (χ1) is 20.4. The van der Waals surface area contributed by atoms with Crippen LogP contribution in [0.3, 0.4) is 0 Å². The number of methoxy groups -OCH3 is 2. The van der Waals surface area contributed by atoms with Crippen molar-refractivity contribution in [3.05, 3.63) is 35.4 Å². The smallest absolute Gasteiger partial charge is 0.342 e. The van der Waals surface area contributed by atoms with Gasteiger partial charge in [0.1, 0.15) is 23.2 Å². The van der Waals surface area contributed by atoms with Crippen LogP contribution in [0, 0.1) is 35.5 Å². The van der Waals surface area contributed by atoms with Crippen molar-refractivity contribution in [1.29, 1.82) is 0 Å². The minimum atomic E-state index is -0.815. The van der Waals surface area contributed by atoms with Crippen LogP contribution in [0.5, 0.6) is 11.5 Å². The van der Waals surface area contributed by atoms with E-state index in [1.165, 1.54) is 14.2 Å². The number of hydrogen-bond donors (Lipinski definition) is 4. The van der Waals surface area contributed by atoms with Gasteiger partial charge in [0.25, 0.3) is 0 Å². The summed E-state index contributed by atoms with van der Waals surface area (Å²) in [5.41, 5.74) is 0.811. The van der Waals surface area contributed by atoms with Gasteiger partial charge in [0.05, 0.1) is 45.0 Å². The van der Waals surface area contributed by atoms with E-state index in [9.17, 15) is 24.9 Å². The van der Waals surface area contributed by atoms with Crippen LogP contribution in [0.1, 0.15) is 82.6 Å². The molecule has 43 heavy (non-hydrogen) atoms. The van der Waals surface area contributed by atoms with Crippen molar-refractivity contribution in [3.63, 3.8) is 0 Å². The third-order valence-corrected chi connectivity index (χ3v) is 8.39. The lowest BCUT2D eigenvalue weighted by atomic mass is 9.86. The topological polar surface area (TPSA) is 135 Å². The normalized spacial score (nSPS) is 23.3. The molecule has 0 fully saturated rings. The largest absolute Gasteiger partial charge is 0.497 e. The van der Waals surface area contributed by atoms with Gasteiger partial charge in [-0.3, -0.25) is 4.79 Å². The SMILES string of the molecule is CCC[C@H](O)[C@@H](C)C(=O)NCC#CC[C@@H](C)[C@@H](O)[C@H](C)[C@@H]1C/C=C\C[C@H](C)[C@H](O)Cc2cc(OC)cc(OC)c2C(=O)O1. The van der Waals surface area contributed by atoms with Crippen molar-refractivity contribution in [2.24, 2.45) is 23.7 Å². The van der Waals surface area contributed by atoms with Gasteiger partial charge in [0.2, 0.25) is 5.91 Å². The van der Waals surface area contributed by atoms with Crippen LogP contribution in [0.15, 0.2) is 24.3 Å². The zero-order chi connectivity index (χ0) is 32.1. The van der Waals surface area contributed by atoms with E-state index in [1.807, 2.05) is 39.8 Å². The van der Waals surface area contributed by atoms with Crippen molar-refractivity contribution >= 4 is 11.9 Å². The molecule has 0 bridgehead atoms. The van der Waals surface area contributed by atoms with Gasteiger partial charge < -0.3 is 34.8 Å². The first kappa shape index (κ1) is 36.1. The van der Waals surface area contributed by atoms with Crippen LogP contribution < -0.4 is 14.8 Å². The lowest BCUT2D eigenvalue weighted by Gasteiger charge is -2.31. The van der Waals surface area contributed by atoms with Gasteiger partial charge >= 0.3 is 5.97 Å². The zero-order valence-electron chi connectivity index (χ0n) is 26.8. The number of nitrogens with one attached hydrogen (secondary N) is 1. The number of ether oxygens (including phenoxy) is 3. The molecule has 9 heteroatoms. The molecular formula is C34H51NO8. The number of fused-ring (bicyclic) bond motifs is 1. The number of benzene rings is 1. The molecule has 0 radical (unpaired) electrons. The second kappa shape index (κ2) is 17.9. The molecule has 1 aromatic rings. The van der Waals surface area contributed by atoms with Crippen LogP contribution >= 0.6 is 0 Å². The molecule has 1 aliphatic heterocycles. The van der Waals surface area contributed by atoms with E-state index in [2.05, 4.69) is 17.2 Å². The van der Waals surface area contributed by atoms with Gasteiger partial charge in [0.15, 0.2) is 0 Å². The van der Waals surface area contributed by atoms with E-state index >= 15 is 0 Å². The van der Waals surface area contributed by atoms with Gasteiger partial charge in [-0.1, -0.05) is 59.1 Å². The number of amides is 1. The minimum absolute atomic E-state index is 0.0498. The van der Waals surface area contributed by atoms with Crippen LogP contribution in [0.2, 0.25) is 0 Å². The summed E-state index contributed by atoms with van der Waals surface area (Å²) < 4.78 is 17.0. The molecule has 1 heterocycles. The molecule has 0 aliphatic carbocycles. The second-order valence-electron chi connectivity index (χ2n) is 11.7. The third-order valence-electron chi connectivity index (χ3n) is 8.39. The van der Waals surface area contributed by atoms with Crippen molar-refractivity contribution in [2.75, 3.05) is 20.8 Å². The fourth-order valence-corrected chi connectivity index (χ4v) is 5.18. The van der Waals surface area contributed by atoms with Crippen LogP contribution in [0.4, 0.5) is 0 Å². The maximum Gasteiger partial charge on any atom is 0.342 e. The number of cyclic esters (lactones) is 1. The molecule has 1 aliphatic rings. The highest BCUT2D eigenvalue weighted by molar-refractivity contribution is 5.95. The lowest BCUT2D eigenvalue weighted by molar-refractivity contribution is -0.127. The summed E-state index contributed by atoms with van der Waals surface area (Å²) in [6.07, 6.45) is 4.14. The molecule has 0 aromatic heterocycles. The zero-order valence-corrected chi connectivity index (χ0v) is 26.8. The van der Waals surface area contributed by atoms with E-state index in [4.69, 9.17) is 14.2 Å². The van der Waals surface area contributed by atoms with Gasteiger partial charge in [0, 0.05) is 24.8 Å². The molecular weight excluding hydrogens is 550 g/mol. The van der Waals surface area contributed by atoms with Gasteiger partial charge in [-0.25, -0.2) is 4.79 Å². The van der Waals surface area contributed by atoms with Crippen molar-refractivity contribution in [1.82, 2.24) is 5.32 Å². The Labute approximate surface area is 257 Å². The first-order valence-electron chi connectivity index (χ1n) is 15.3. The summed E-state index contributed by atoms with van der Waals surface area (Å²) in [4.78, 5) is 25.8. The highest BCUT2D eigenvalue weighted by Crippen LogP contribution is 2.33. The fraction of sp³-hybridized carbons (Fsp3) is 0.647. The average molecular weight is 602 g/mol. The summed E-state index contributed by atoms with van der Waals surface area (Å²) >= 11 is 0. The van der Waals surface area contributed by atoms with Crippen molar-refractivity contribution in [2.45, 2.75) is 97.6 Å². The van der Waals surface area contributed by atoms with Crippen LogP contribution in [-0.2, 0) is 16.0 Å². The highest BCUT2D eigenvalue weighted by atomic mass is 16.5. The van der Waals surface area contributed by atoms with Gasteiger partial charge in [-0.15, -0.1) is 5.92 Å². The molecule has 240 valence electrons. The molecule has 8 atom stereocenters. The number of carbonyl (C=O) groups is 2. The Kier molecular flexibility index (Phi) is 15.1.